The molecule has 0 saturated carbocycles. The number of rotatable bonds is 9. The van der Waals surface area contributed by atoms with Gasteiger partial charge in [-0.1, -0.05) is 33.6 Å². The summed E-state index contributed by atoms with van der Waals surface area (Å²) in [4.78, 5) is 23.4. The first-order valence-corrected chi connectivity index (χ1v) is 6.97. The van der Waals surface area contributed by atoms with Crippen LogP contribution < -0.4 is 5.32 Å². The van der Waals surface area contributed by atoms with Crippen LogP contribution in [0.3, 0.4) is 0 Å². The summed E-state index contributed by atoms with van der Waals surface area (Å²) < 4.78 is 4.98. The molecule has 0 fully saturated rings. The highest BCUT2D eigenvalue weighted by Gasteiger charge is 2.22. The van der Waals surface area contributed by atoms with Gasteiger partial charge in [-0.25, -0.2) is 4.79 Å². The molecule has 0 unspecified atom stereocenters. The van der Waals surface area contributed by atoms with Gasteiger partial charge in [0, 0.05) is 6.42 Å². The number of hydrogen-bond donors (Lipinski definition) is 1. The summed E-state index contributed by atoms with van der Waals surface area (Å²) in [6.45, 7) is 8.26. The van der Waals surface area contributed by atoms with Crippen LogP contribution in [0.2, 0.25) is 0 Å². The Labute approximate surface area is 110 Å². The van der Waals surface area contributed by atoms with E-state index in [1.165, 1.54) is 0 Å². The molecule has 18 heavy (non-hydrogen) atoms. The highest BCUT2D eigenvalue weighted by Crippen LogP contribution is 2.07. The van der Waals surface area contributed by atoms with E-state index in [1.807, 2.05) is 13.8 Å². The number of unbranched alkanes of at least 4 members (excludes halogenated alkanes) is 2. The first-order valence-electron chi connectivity index (χ1n) is 6.97. The zero-order chi connectivity index (χ0) is 14.0. The van der Waals surface area contributed by atoms with Gasteiger partial charge in [0.2, 0.25) is 5.91 Å². The molecule has 0 aromatic heterocycles. The Balaban J connectivity index is 4.21. The van der Waals surface area contributed by atoms with E-state index in [4.69, 9.17) is 4.74 Å². The number of carbonyl (C=O) groups excluding carboxylic acids is 2. The minimum absolute atomic E-state index is 0.0536. The summed E-state index contributed by atoms with van der Waals surface area (Å²) >= 11 is 0. The maximum Gasteiger partial charge on any atom is 0.328 e. The van der Waals surface area contributed by atoms with Crippen LogP contribution in [0.5, 0.6) is 0 Å². The van der Waals surface area contributed by atoms with Crippen molar-refractivity contribution < 1.29 is 14.3 Å². The van der Waals surface area contributed by atoms with E-state index in [1.54, 1.807) is 6.92 Å². The third-order valence-corrected chi connectivity index (χ3v) is 2.62. The van der Waals surface area contributed by atoms with Gasteiger partial charge >= 0.3 is 5.97 Å². The molecular weight excluding hydrogens is 230 g/mol. The van der Waals surface area contributed by atoms with Gasteiger partial charge in [-0.15, -0.1) is 0 Å². The lowest BCUT2D eigenvalue weighted by atomic mass is 10.0. The van der Waals surface area contributed by atoms with Crippen molar-refractivity contribution in [2.45, 2.75) is 65.8 Å². The largest absolute Gasteiger partial charge is 0.464 e. The number of ether oxygens (including phenoxy) is 1. The Morgan fingerprint density at radius 2 is 1.83 bits per heavy atom. The fourth-order valence-electron chi connectivity index (χ4n) is 1.73. The average molecular weight is 257 g/mol. The van der Waals surface area contributed by atoms with Crippen molar-refractivity contribution in [3.8, 4) is 0 Å². The molecule has 4 nitrogen and oxygen atoms in total. The molecule has 0 saturated heterocycles. The van der Waals surface area contributed by atoms with Crippen LogP contribution in [0.25, 0.3) is 0 Å². The Bertz CT molecular complexity index is 251. The smallest absolute Gasteiger partial charge is 0.328 e. The summed E-state index contributed by atoms with van der Waals surface area (Å²) in [5.41, 5.74) is 0. The molecule has 106 valence electrons. The molecule has 1 amide bonds. The van der Waals surface area contributed by atoms with Crippen LogP contribution >= 0.6 is 0 Å². The molecule has 0 heterocycles. The molecule has 0 aliphatic rings. The van der Waals surface area contributed by atoms with Crippen molar-refractivity contribution in [3.63, 3.8) is 0 Å². The summed E-state index contributed by atoms with van der Waals surface area (Å²) in [7, 11) is 0. The molecular formula is C14H27NO3. The van der Waals surface area contributed by atoms with Gasteiger partial charge in [0.15, 0.2) is 0 Å². The van der Waals surface area contributed by atoms with Crippen molar-refractivity contribution >= 4 is 11.9 Å². The summed E-state index contributed by atoms with van der Waals surface area (Å²) in [5.74, 6) is -0.0347. The van der Waals surface area contributed by atoms with E-state index >= 15 is 0 Å². The monoisotopic (exact) mass is 257 g/mol. The lowest BCUT2D eigenvalue weighted by molar-refractivity contribution is -0.147. The van der Waals surface area contributed by atoms with Crippen LogP contribution in [-0.2, 0) is 14.3 Å². The van der Waals surface area contributed by atoms with Gasteiger partial charge in [0.25, 0.3) is 0 Å². The maximum absolute atomic E-state index is 11.7. The molecule has 1 atom stereocenters. The topological polar surface area (TPSA) is 55.4 Å². The minimum atomic E-state index is -0.501. The summed E-state index contributed by atoms with van der Waals surface area (Å²) in [6.07, 6.45) is 4.11. The molecule has 0 aliphatic heterocycles. The zero-order valence-electron chi connectivity index (χ0n) is 12.1. The van der Waals surface area contributed by atoms with Gasteiger partial charge in [0.05, 0.1) is 6.61 Å². The minimum Gasteiger partial charge on any atom is -0.464 e. The first-order chi connectivity index (χ1) is 8.51. The fraction of sp³-hybridized carbons (Fsp3) is 0.857. The Kier molecular flexibility index (Phi) is 9.33. The number of nitrogens with one attached hydrogen (secondary N) is 1. The third-order valence-electron chi connectivity index (χ3n) is 2.62. The molecule has 0 bridgehead atoms. The SMILES string of the molecule is CCCCCC(=O)N[C@@H](CC(C)C)C(=O)OCC. The summed E-state index contributed by atoms with van der Waals surface area (Å²) in [5, 5.41) is 2.78. The van der Waals surface area contributed by atoms with Gasteiger partial charge in [-0.3, -0.25) is 4.79 Å². The van der Waals surface area contributed by atoms with Crippen LogP contribution in [0.4, 0.5) is 0 Å². The molecule has 0 radical (unpaired) electrons. The molecule has 0 aromatic rings. The normalized spacial score (nSPS) is 12.3. The average Bonchev–Trinajstić information content (AvgIpc) is 2.28. The number of esters is 1. The standard InChI is InChI=1S/C14H27NO3/c1-5-7-8-9-13(16)15-12(10-11(3)4)14(17)18-6-2/h11-12H,5-10H2,1-4H3,(H,15,16)/t12-/m0/s1. The predicted molar refractivity (Wildman–Crippen MR) is 72.2 cm³/mol. The van der Waals surface area contributed by atoms with E-state index in [0.29, 0.717) is 25.4 Å². The Morgan fingerprint density at radius 1 is 1.17 bits per heavy atom. The molecule has 0 rings (SSSR count). The van der Waals surface area contributed by atoms with Crippen molar-refractivity contribution in [2.24, 2.45) is 5.92 Å². The van der Waals surface area contributed by atoms with E-state index in [9.17, 15) is 9.59 Å². The lowest BCUT2D eigenvalue weighted by Gasteiger charge is -2.19. The Morgan fingerprint density at radius 3 is 2.33 bits per heavy atom. The number of amides is 1. The Hall–Kier alpha value is -1.06. The highest BCUT2D eigenvalue weighted by molar-refractivity contribution is 5.84. The van der Waals surface area contributed by atoms with E-state index in [-0.39, 0.29) is 11.9 Å². The number of hydrogen-bond acceptors (Lipinski definition) is 3. The van der Waals surface area contributed by atoms with Gasteiger partial charge in [-0.2, -0.15) is 0 Å². The maximum atomic E-state index is 11.7. The third kappa shape index (κ3) is 8.09. The molecule has 0 spiro atoms. The van der Waals surface area contributed by atoms with E-state index in [0.717, 1.165) is 19.3 Å². The van der Waals surface area contributed by atoms with Crippen LogP contribution in [0.1, 0.15) is 59.8 Å². The van der Waals surface area contributed by atoms with E-state index < -0.39 is 6.04 Å². The van der Waals surface area contributed by atoms with Crippen LogP contribution in [0, 0.1) is 5.92 Å². The second-order valence-corrected chi connectivity index (χ2v) is 4.96. The second kappa shape index (κ2) is 9.92. The van der Waals surface area contributed by atoms with E-state index in [2.05, 4.69) is 12.2 Å². The predicted octanol–water partition coefficient (Wildman–Crippen LogP) is 2.66. The second-order valence-electron chi connectivity index (χ2n) is 4.96. The molecule has 4 heteroatoms. The molecule has 0 aliphatic carbocycles. The van der Waals surface area contributed by atoms with Gasteiger partial charge in [0.1, 0.15) is 6.04 Å². The van der Waals surface area contributed by atoms with Crippen molar-refractivity contribution in [1.29, 1.82) is 0 Å². The first kappa shape index (κ1) is 16.9. The van der Waals surface area contributed by atoms with Crippen LogP contribution in [0.15, 0.2) is 0 Å². The van der Waals surface area contributed by atoms with Crippen molar-refractivity contribution in [1.82, 2.24) is 5.32 Å². The summed E-state index contributed by atoms with van der Waals surface area (Å²) in [6, 6.07) is -0.501. The van der Waals surface area contributed by atoms with Gasteiger partial charge in [-0.05, 0) is 25.7 Å². The van der Waals surface area contributed by atoms with Gasteiger partial charge < -0.3 is 10.1 Å². The highest BCUT2D eigenvalue weighted by atomic mass is 16.5. The molecule has 1 N–H and O–H groups in total. The lowest BCUT2D eigenvalue weighted by Crippen LogP contribution is -2.42. The number of carbonyl (C=O) groups is 2. The van der Waals surface area contributed by atoms with Crippen molar-refractivity contribution in [2.75, 3.05) is 6.61 Å². The van der Waals surface area contributed by atoms with Crippen molar-refractivity contribution in [3.05, 3.63) is 0 Å². The molecule has 0 aromatic carbocycles. The quantitative estimate of drug-likeness (QED) is 0.510. The fourth-order valence-corrected chi connectivity index (χ4v) is 1.73. The zero-order valence-corrected chi connectivity index (χ0v) is 12.1. The van der Waals surface area contributed by atoms with Crippen LogP contribution in [-0.4, -0.2) is 24.5 Å².